The van der Waals surface area contributed by atoms with Crippen LogP contribution in [0.5, 0.6) is 5.75 Å². The summed E-state index contributed by atoms with van der Waals surface area (Å²) in [5.41, 5.74) is 1.72. The molecule has 4 rings (SSSR count). The largest absolute Gasteiger partial charge is 0.497 e. The fourth-order valence-electron chi connectivity index (χ4n) is 4.81. The first-order valence-corrected chi connectivity index (χ1v) is 14.3. The van der Waals surface area contributed by atoms with Crippen molar-refractivity contribution in [2.75, 3.05) is 39.3 Å². The number of likely N-dealkylation sites (N-methyl/N-ethyl adjacent to an activating group) is 1. The molecule has 4 amide bonds. The highest BCUT2D eigenvalue weighted by Crippen LogP contribution is 2.30. The summed E-state index contributed by atoms with van der Waals surface area (Å²) in [6.07, 6.45) is 1.80. The number of carbonyl (C=O) groups is 3. The average molecular weight is 581 g/mol. The summed E-state index contributed by atoms with van der Waals surface area (Å²) in [7, 11) is 3.31. The Morgan fingerprint density at radius 3 is 2.47 bits per heavy atom. The second kappa shape index (κ2) is 12.5. The Balaban J connectivity index is 1.58. The van der Waals surface area contributed by atoms with E-state index in [0.29, 0.717) is 28.8 Å². The summed E-state index contributed by atoms with van der Waals surface area (Å²) in [6, 6.07) is 11.7. The molecule has 9 nitrogen and oxygen atoms in total. The molecule has 2 aromatic rings. The summed E-state index contributed by atoms with van der Waals surface area (Å²) in [5.74, 6) is 1.12. The molecule has 12 heteroatoms. The SMILES string of the molecule is COc1ccc(CNC(=O)N2[C@H]3CN(Cc4ccc(Cl)c(Cl)c4)C(=O)[C@H](CCSC)N3C(=O)CN2C)cc1. The molecule has 204 valence electrons. The first-order chi connectivity index (χ1) is 18.2. The number of methoxy groups -OCH3 is 1. The number of piperazine rings is 1. The van der Waals surface area contributed by atoms with Crippen LogP contribution in [0.15, 0.2) is 42.5 Å². The van der Waals surface area contributed by atoms with Crippen LogP contribution in [0.4, 0.5) is 4.79 Å². The molecule has 38 heavy (non-hydrogen) atoms. The normalized spacial score (nSPS) is 20.0. The Morgan fingerprint density at radius 2 is 1.82 bits per heavy atom. The predicted molar refractivity (Wildman–Crippen MR) is 149 cm³/mol. The molecule has 2 aliphatic rings. The predicted octanol–water partition coefficient (Wildman–Crippen LogP) is 3.69. The van der Waals surface area contributed by atoms with Gasteiger partial charge in [-0.3, -0.25) is 9.59 Å². The van der Waals surface area contributed by atoms with Crippen molar-refractivity contribution in [2.45, 2.75) is 31.7 Å². The molecule has 0 radical (unpaired) electrons. The van der Waals surface area contributed by atoms with Crippen molar-refractivity contribution in [1.82, 2.24) is 25.1 Å². The van der Waals surface area contributed by atoms with E-state index in [9.17, 15) is 14.4 Å². The van der Waals surface area contributed by atoms with E-state index in [0.717, 1.165) is 16.9 Å². The van der Waals surface area contributed by atoms with E-state index in [2.05, 4.69) is 5.32 Å². The van der Waals surface area contributed by atoms with Crippen molar-refractivity contribution in [3.63, 3.8) is 0 Å². The van der Waals surface area contributed by atoms with E-state index in [1.165, 1.54) is 0 Å². The minimum Gasteiger partial charge on any atom is -0.497 e. The molecule has 2 aromatic carbocycles. The van der Waals surface area contributed by atoms with Crippen LogP contribution >= 0.6 is 35.0 Å². The number of carbonyl (C=O) groups excluding carboxylic acids is 3. The number of thioether (sulfide) groups is 1. The van der Waals surface area contributed by atoms with E-state index in [1.54, 1.807) is 57.9 Å². The van der Waals surface area contributed by atoms with Gasteiger partial charge in [0.05, 0.1) is 30.2 Å². The van der Waals surface area contributed by atoms with E-state index in [-0.39, 0.29) is 37.5 Å². The molecular formula is C26H31Cl2N5O4S. The Morgan fingerprint density at radius 1 is 1.11 bits per heavy atom. The van der Waals surface area contributed by atoms with Crippen molar-refractivity contribution in [2.24, 2.45) is 0 Å². The molecule has 0 aliphatic carbocycles. The van der Waals surface area contributed by atoms with Gasteiger partial charge in [-0.15, -0.1) is 0 Å². The summed E-state index contributed by atoms with van der Waals surface area (Å²) in [4.78, 5) is 43.6. The number of fused-ring (bicyclic) bond motifs is 1. The first kappa shape index (κ1) is 28.4. The number of hydrazine groups is 1. The zero-order valence-corrected chi connectivity index (χ0v) is 23.9. The highest BCUT2D eigenvalue weighted by atomic mass is 35.5. The molecule has 0 unspecified atom stereocenters. The van der Waals surface area contributed by atoms with Crippen molar-refractivity contribution in [3.05, 3.63) is 63.6 Å². The van der Waals surface area contributed by atoms with E-state index in [4.69, 9.17) is 27.9 Å². The summed E-state index contributed by atoms with van der Waals surface area (Å²) < 4.78 is 5.20. The van der Waals surface area contributed by atoms with E-state index < -0.39 is 12.2 Å². The van der Waals surface area contributed by atoms with Crippen LogP contribution in [0.25, 0.3) is 0 Å². The molecule has 1 N–H and O–H groups in total. The number of hydrogen-bond donors (Lipinski definition) is 1. The zero-order chi connectivity index (χ0) is 27.4. The number of nitrogens with one attached hydrogen (secondary N) is 1. The second-order valence-corrected chi connectivity index (χ2v) is 11.0. The van der Waals surface area contributed by atoms with Crippen LogP contribution in [-0.4, -0.2) is 89.1 Å². The number of urea groups is 1. The van der Waals surface area contributed by atoms with Gasteiger partial charge in [0.1, 0.15) is 18.0 Å². The van der Waals surface area contributed by atoms with Crippen molar-refractivity contribution in [3.8, 4) is 5.75 Å². The summed E-state index contributed by atoms with van der Waals surface area (Å²) in [5, 5.41) is 6.96. The lowest BCUT2D eigenvalue weighted by molar-refractivity contribution is -0.187. The van der Waals surface area contributed by atoms with Crippen LogP contribution in [0.1, 0.15) is 17.5 Å². The van der Waals surface area contributed by atoms with Gasteiger partial charge in [-0.2, -0.15) is 11.8 Å². The van der Waals surface area contributed by atoms with Crippen LogP contribution in [0, 0.1) is 0 Å². The number of rotatable bonds is 8. The topological polar surface area (TPSA) is 85.4 Å². The first-order valence-electron chi connectivity index (χ1n) is 12.2. The van der Waals surface area contributed by atoms with Gasteiger partial charge < -0.3 is 19.9 Å². The smallest absolute Gasteiger partial charge is 0.334 e. The van der Waals surface area contributed by atoms with Crippen LogP contribution in [0.2, 0.25) is 10.0 Å². The van der Waals surface area contributed by atoms with Gasteiger partial charge >= 0.3 is 6.03 Å². The van der Waals surface area contributed by atoms with Crippen molar-refractivity contribution >= 4 is 52.8 Å². The number of hydrogen-bond acceptors (Lipinski definition) is 6. The van der Waals surface area contributed by atoms with E-state index >= 15 is 0 Å². The minimum atomic E-state index is -0.665. The number of amides is 4. The third-order valence-corrected chi connectivity index (χ3v) is 8.09. The maximum absolute atomic E-state index is 13.6. The Kier molecular flexibility index (Phi) is 9.30. The van der Waals surface area contributed by atoms with Gasteiger partial charge in [-0.25, -0.2) is 14.8 Å². The van der Waals surface area contributed by atoms with Gasteiger partial charge in [-0.05, 0) is 53.8 Å². The molecule has 0 spiro atoms. The fraction of sp³-hybridized carbons (Fsp3) is 0.423. The quantitative estimate of drug-likeness (QED) is 0.513. The Hall–Kier alpha value is -2.66. The van der Waals surface area contributed by atoms with Gasteiger partial charge in [0.15, 0.2) is 0 Å². The monoisotopic (exact) mass is 579 g/mol. The molecular weight excluding hydrogens is 549 g/mol. The lowest BCUT2D eigenvalue weighted by Gasteiger charge is -2.54. The highest BCUT2D eigenvalue weighted by molar-refractivity contribution is 7.98. The van der Waals surface area contributed by atoms with Gasteiger partial charge in [0.25, 0.3) is 0 Å². The fourth-order valence-corrected chi connectivity index (χ4v) is 5.59. The van der Waals surface area contributed by atoms with E-state index in [1.807, 2.05) is 36.6 Å². The third kappa shape index (κ3) is 6.14. The summed E-state index contributed by atoms with van der Waals surface area (Å²) in [6.45, 7) is 0.758. The zero-order valence-electron chi connectivity index (χ0n) is 21.5. The molecule has 2 heterocycles. The number of halogens is 2. The molecule has 2 fully saturated rings. The second-order valence-electron chi connectivity index (χ2n) is 9.21. The lowest BCUT2D eigenvalue weighted by Crippen LogP contribution is -2.75. The van der Waals surface area contributed by atoms with Gasteiger partial charge in [0, 0.05) is 20.1 Å². The van der Waals surface area contributed by atoms with Crippen molar-refractivity contribution in [1.29, 1.82) is 0 Å². The van der Waals surface area contributed by atoms with Crippen molar-refractivity contribution < 1.29 is 19.1 Å². The van der Waals surface area contributed by atoms with Gasteiger partial charge in [0.2, 0.25) is 11.8 Å². The van der Waals surface area contributed by atoms with Gasteiger partial charge in [-0.1, -0.05) is 41.4 Å². The van der Waals surface area contributed by atoms with Crippen LogP contribution in [-0.2, 0) is 22.7 Å². The Bertz CT molecular complexity index is 1180. The molecule has 2 saturated heterocycles. The lowest BCUT2D eigenvalue weighted by atomic mass is 10.0. The average Bonchev–Trinajstić information content (AvgIpc) is 2.90. The third-order valence-electron chi connectivity index (χ3n) is 6.70. The number of benzene rings is 2. The minimum absolute atomic E-state index is 0.00228. The van der Waals surface area contributed by atoms with Crippen LogP contribution in [0.3, 0.4) is 0 Å². The number of ether oxygens (including phenoxy) is 1. The molecule has 0 saturated carbocycles. The highest BCUT2D eigenvalue weighted by Gasteiger charge is 2.50. The number of nitrogens with zero attached hydrogens (tertiary/aromatic N) is 4. The van der Waals surface area contributed by atoms with Crippen LogP contribution < -0.4 is 10.1 Å². The summed E-state index contributed by atoms with van der Waals surface area (Å²) >= 11 is 13.9. The maximum atomic E-state index is 13.6. The molecule has 2 aliphatic heterocycles. The standard InChI is InChI=1S/C26H31Cl2N5O4S/c1-30-16-24(34)32-22(10-11-38-3)25(35)31(14-18-6-9-20(27)21(28)12-18)15-23(32)33(30)26(36)29-13-17-4-7-19(37-2)8-5-17/h4-9,12,22-23H,10-11,13-16H2,1-3H3,(H,29,36)/t22-,23-/m0/s1. The maximum Gasteiger partial charge on any atom is 0.334 e. The molecule has 2 atom stereocenters. The molecule has 0 bridgehead atoms. The molecule has 0 aromatic heterocycles. The Labute approximate surface area is 236 Å².